The van der Waals surface area contributed by atoms with Crippen LogP contribution in [0.5, 0.6) is 0 Å². The molecule has 0 saturated carbocycles. The number of rotatable bonds is 8. The quantitative estimate of drug-likeness (QED) is 0.496. The Morgan fingerprint density at radius 2 is 1.58 bits per heavy atom. The second-order valence-electron chi connectivity index (χ2n) is 7.41. The summed E-state index contributed by atoms with van der Waals surface area (Å²) in [6, 6.07) is 10.3. The second-order valence-corrected chi connectivity index (χ2v) is 7.41. The van der Waals surface area contributed by atoms with Crippen molar-refractivity contribution in [3.63, 3.8) is 0 Å². The summed E-state index contributed by atoms with van der Waals surface area (Å²) >= 11 is 0. The number of halogens is 1. The molecule has 0 aromatic heterocycles. The van der Waals surface area contributed by atoms with Gasteiger partial charge in [-0.3, -0.25) is 14.4 Å². The Labute approximate surface area is 180 Å². The molecule has 0 aliphatic carbocycles. The molecule has 0 aliphatic rings. The molecule has 0 aliphatic heterocycles. The Morgan fingerprint density at radius 3 is 2.16 bits per heavy atom. The molecule has 2 N–H and O–H groups in total. The zero-order valence-corrected chi connectivity index (χ0v) is 17.8. The van der Waals surface area contributed by atoms with E-state index in [1.54, 1.807) is 32.0 Å². The fourth-order valence-electron chi connectivity index (χ4n) is 2.68. The molecule has 31 heavy (non-hydrogen) atoms. The van der Waals surface area contributed by atoms with Crippen LogP contribution in [0.15, 0.2) is 48.5 Å². The maximum atomic E-state index is 13.0. The van der Waals surface area contributed by atoms with Gasteiger partial charge < -0.3 is 15.4 Å². The Hall–Kier alpha value is -3.55. The van der Waals surface area contributed by atoms with E-state index >= 15 is 0 Å². The molecular weight excluding hydrogens is 403 g/mol. The number of nitrogens with one attached hydrogen (secondary N) is 2. The van der Waals surface area contributed by atoms with Gasteiger partial charge >= 0.3 is 5.97 Å². The van der Waals surface area contributed by atoms with E-state index in [0.717, 1.165) is 12.1 Å². The van der Waals surface area contributed by atoms with Gasteiger partial charge in [0.25, 0.3) is 11.8 Å². The lowest BCUT2D eigenvalue weighted by atomic mass is 10.0. The molecule has 0 fully saturated rings. The Morgan fingerprint density at radius 1 is 0.935 bits per heavy atom. The molecule has 7 nitrogen and oxygen atoms in total. The Balaban J connectivity index is 2.01. The van der Waals surface area contributed by atoms with E-state index in [0.29, 0.717) is 11.3 Å². The maximum Gasteiger partial charge on any atom is 0.329 e. The van der Waals surface area contributed by atoms with Gasteiger partial charge in [0.05, 0.1) is 0 Å². The summed E-state index contributed by atoms with van der Waals surface area (Å²) in [5.41, 5.74) is 1.02. The monoisotopic (exact) mass is 428 g/mol. The number of benzene rings is 2. The zero-order chi connectivity index (χ0) is 23.1. The van der Waals surface area contributed by atoms with Crippen molar-refractivity contribution < 1.29 is 28.3 Å². The van der Waals surface area contributed by atoms with Crippen molar-refractivity contribution >= 4 is 29.3 Å². The van der Waals surface area contributed by atoms with Crippen molar-refractivity contribution in [3.05, 3.63) is 65.5 Å². The molecule has 164 valence electrons. The average molecular weight is 428 g/mol. The van der Waals surface area contributed by atoms with Crippen LogP contribution in [0, 0.1) is 11.7 Å². The molecule has 0 bridgehead atoms. The molecule has 0 spiro atoms. The first kappa shape index (κ1) is 23.7. The van der Waals surface area contributed by atoms with E-state index < -0.39 is 35.7 Å². The van der Waals surface area contributed by atoms with Crippen molar-refractivity contribution in [2.24, 2.45) is 5.92 Å². The van der Waals surface area contributed by atoms with E-state index in [4.69, 9.17) is 4.74 Å². The van der Waals surface area contributed by atoms with Gasteiger partial charge in [-0.1, -0.05) is 26.0 Å². The Bertz CT molecular complexity index is 972. The van der Waals surface area contributed by atoms with Crippen LogP contribution in [0.1, 0.15) is 48.4 Å². The summed E-state index contributed by atoms with van der Waals surface area (Å²) in [4.78, 5) is 48.8. The molecule has 2 aromatic rings. The highest BCUT2D eigenvalue weighted by Gasteiger charge is 2.29. The van der Waals surface area contributed by atoms with Gasteiger partial charge in [-0.15, -0.1) is 0 Å². The molecule has 0 saturated heterocycles. The summed E-state index contributed by atoms with van der Waals surface area (Å²) in [7, 11) is 0. The first-order chi connectivity index (χ1) is 14.6. The lowest BCUT2D eigenvalue weighted by Gasteiger charge is -2.23. The van der Waals surface area contributed by atoms with Crippen molar-refractivity contribution in [2.75, 3.05) is 5.32 Å². The first-order valence-corrected chi connectivity index (χ1v) is 9.77. The minimum atomic E-state index is -1.14. The van der Waals surface area contributed by atoms with Gasteiger partial charge in [-0.25, -0.2) is 9.18 Å². The van der Waals surface area contributed by atoms with Crippen molar-refractivity contribution in [3.8, 4) is 0 Å². The van der Waals surface area contributed by atoms with Crippen LogP contribution in [-0.4, -0.2) is 35.7 Å². The minimum Gasteiger partial charge on any atom is -0.451 e. The van der Waals surface area contributed by atoms with Crippen molar-refractivity contribution in [1.29, 1.82) is 0 Å². The van der Waals surface area contributed by atoms with Gasteiger partial charge in [0.1, 0.15) is 11.9 Å². The van der Waals surface area contributed by atoms with Gasteiger partial charge in [0.2, 0.25) is 0 Å². The van der Waals surface area contributed by atoms with Crippen LogP contribution >= 0.6 is 0 Å². The Kier molecular flexibility index (Phi) is 8.01. The number of carbonyl (C=O) groups excluding carboxylic acids is 4. The van der Waals surface area contributed by atoms with Crippen LogP contribution in [0.2, 0.25) is 0 Å². The smallest absolute Gasteiger partial charge is 0.329 e. The number of ketones is 1. The molecule has 2 amide bonds. The molecule has 2 unspecified atom stereocenters. The number of amides is 2. The first-order valence-electron chi connectivity index (χ1n) is 9.77. The van der Waals surface area contributed by atoms with E-state index in [1.807, 2.05) is 0 Å². The van der Waals surface area contributed by atoms with E-state index in [2.05, 4.69) is 10.6 Å². The highest BCUT2D eigenvalue weighted by Crippen LogP contribution is 2.13. The molecule has 2 atom stereocenters. The lowest BCUT2D eigenvalue weighted by molar-refractivity contribution is -0.156. The summed E-state index contributed by atoms with van der Waals surface area (Å²) in [6.45, 7) is 6.25. The number of Topliss-reactive ketones (excluding diaryl/α,β-unsaturated/α-hetero) is 1. The highest BCUT2D eigenvalue weighted by molar-refractivity contribution is 5.99. The van der Waals surface area contributed by atoms with Crippen LogP contribution in [0.4, 0.5) is 10.1 Å². The standard InChI is InChI=1S/C23H25FN2O5/c1-13(2)20(26-22(29)16-8-10-18(24)11-9-16)23(30)31-15(4)21(28)25-19-7-5-6-17(12-19)14(3)27/h5-13,15,20H,1-4H3,(H,25,28)(H,26,29). The number of anilines is 1. The third-order valence-corrected chi connectivity index (χ3v) is 4.51. The predicted molar refractivity (Wildman–Crippen MR) is 113 cm³/mol. The van der Waals surface area contributed by atoms with Crippen LogP contribution in [0.3, 0.4) is 0 Å². The summed E-state index contributed by atoms with van der Waals surface area (Å²) in [5.74, 6) is -2.86. The molecule has 2 rings (SSSR count). The summed E-state index contributed by atoms with van der Waals surface area (Å²) in [5, 5.41) is 5.15. The number of carbonyl (C=O) groups is 4. The second kappa shape index (κ2) is 10.5. The third-order valence-electron chi connectivity index (χ3n) is 4.51. The topological polar surface area (TPSA) is 102 Å². The zero-order valence-electron chi connectivity index (χ0n) is 17.8. The van der Waals surface area contributed by atoms with Crippen molar-refractivity contribution in [1.82, 2.24) is 5.32 Å². The lowest BCUT2D eigenvalue weighted by Crippen LogP contribution is -2.47. The van der Waals surface area contributed by atoms with Crippen molar-refractivity contribution in [2.45, 2.75) is 39.8 Å². The fraction of sp³-hybridized carbons (Fsp3) is 0.304. The van der Waals surface area contributed by atoms with Gasteiger partial charge in [-0.05, 0) is 56.2 Å². The third kappa shape index (κ3) is 6.74. The number of esters is 1. The summed E-state index contributed by atoms with van der Waals surface area (Å²) < 4.78 is 18.3. The van der Waals surface area contributed by atoms with Crippen LogP contribution < -0.4 is 10.6 Å². The molecule has 2 aromatic carbocycles. The minimum absolute atomic E-state index is 0.146. The fourth-order valence-corrected chi connectivity index (χ4v) is 2.68. The normalized spacial score (nSPS) is 12.6. The predicted octanol–water partition coefficient (Wildman–Crippen LogP) is 3.35. The summed E-state index contributed by atoms with van der Waals surface area (Å²) in [6.07, 6.45) is -1.14. The van der Waals surface area contributed by atoms with E-state index in [-0.39, 0.29) is 17.3 Å². The van der Waals surface area contributed by atoms with Crippen LogP contribution in [-0.2, 0) is 14.3 Å². The number of ether oxygens (including phenoxy) is 1. The maximum absolute atomic E-state index is 13.0. The highest BCUT2D eigenvalue weighted by atomic mass is 19.1. The van der Waals surface area contributed by atoms with Gasteiger partial charge in [0.15, 0.2) is 11.9 Å². The molecule has 0 radical (unpaired) electrons. The largest absolute Gasteiger partial charge is 0.451 e. The molecule has 0 heterocycles. The number of hydrogen-bond acceptors (Lipinski definition) is 5. The molecular formula is C23H25FN2O5. The van der Waals surface area contributed by atoms with Gasteiger partial charge in [-0.2, -0.15) is 0 Å². The SMILES string of the molecule is CC(=O)c1cccc(NC(=O)C(C)OC(=O)C(NC(=O)c2ccc(F)cc2)C(C)C)c1. The van der Waals surface area contributed by atoms with E-state index in [9.17, 15) is 23.6 Å². The van der Waals surface area contributed by atoms with Crippen LogP contribution in [0.25, 0.3) is 0 Å². The molecule has 8 heteroatoms. The average Bonchev–Trinajstić information content (AvgIpc) is 2.72. The van der Waals surface area contributed by atoms with E-state index in [1.165, 1.54) is 32.0 Å². The van der Waals surface area contributed by atoms with Gasteiger partial charge in [0, 0.05) is 16.8 Å². The number of hydrogen-bond donors (Lipinski definition) is 2.